The Morgan fingerprint density at radius 1 is 1.32 bits per heavy atom. The summed E-state index contributed by atoms with van der Waals surface area (Å²) in [5.41, 5.74) is 0. The number of aliphatic hydroxyl groups is 1. The van der Waals surface area contributed by atoms with Crippen LogP contribution < -0.4 is 5.32 Å². The van der Waals surface area contributed by atoms with Crippen molar-refractivity contribution >= 4 is 11.9 Å². The molecule has 19 heavy (non-hydrogen) atoms. The smallest absolute Gasteiger partial charge is 0.307 e. The summed E-state index contributed by atoms with van der Waals surface area (Å²) in [7, 11) is 1.52. The van der Waals surface area contributed by atoms with Gasteiger partial charge in [0.2, 0.25) is 5.91 Å². The Morgan fingerprint density at radius 3 is 2.47 bits per heavy atom. The van der Waals surface area contributed by atoms with Crippen molar-refractivity contribution in [2.75, 3.05) is 20.3 Å². The average molecular weight is 273 g/mol. The fourth-order valence-corrected chi connectivity index (χ4v) is 2.60. The fraction of sp³-hybridized carbons (Fsp3) is 0.846. The van der Waals surface area contributed by atoms with Crippen molar-refractivity contribution in [2.45, 2.75) is 38.1 Å². The van der Waals surface area contributed by atoms with E-state index in [2.05, 4.69) is 5.32 Å². The van der Waals surface area contributed by atoms with Crippen LogP contribution in [-0.2, 0) is 14.3 Å². The molecule has 0 aromatic heterocycles. The largest absolute Gasteiger partial charge is 0.481 e. The Hall–Kier alpha value is -1.14. The number of hydrogen-bond donors (Lipinski definition) is 3. The molecule has 3 N–H and O–H groups in total. The topological polar surface area (TPSA) is 95.9 Å². The lowest BCUT2D eigenvalue weighted by Gasteiger charge is -2.29. The Kier molecular flexibility index (Phi) is 6.80. The second-order valence-corrected chi connectivity index (χ2v) is 5.01. The maximum atomic E-state index is 12.2. The maximum Gasteiger partial charge on any atom is 0.307 e. The molecule has 1 saturated carbocycles. The van der Waals surface area contributed by atoms with Gasteiger partial charge in [0.1, 0.15) is 0 Å². The minimum Gasteiger partial charge on any atom is -0.481 e. The van der Waals surface area contributed by atoms with Gasteiger partial charge in [-0.15, -0.1) is 0 Å². The number of carboxylic acids is 1. The number of ether oxygens (including phenoxy) is 1. The second-order valence-electron chi connectivity index (χ2n) is 5.01. The molecule has 0 heterocycles. The summed E-state index contributed by atoms with van der Waals surface area (Å²) in [5, 5.41) is 20.9. The highest BCUT2D eigenvalue weighted by Gasteiger charge is 2.36. The molecule has 0 bridgehead atoms. The van der Waals surface area contributed by atoms with Gasteiger partial charge in [-0.25, -0.2) is 0 Å². The summed E-state index contributed by atoms with van der Waals surface area (Å²) >= 11 is 0. The molecule has 1 amide bonds. The van der Waals surface area contributed by atoms with E-state index < -0.39 is 17.8 Å². The van der Waals surface area contributed by atoms with Crippen molar-refractivity contribution in [1.82, 2.24) is 5.32 Å². The first kappa shape index (κ1) is 15.9. The van der Waals surface area contributed by atoms with Crippen molar-refractivity contribution in [3.63, 3.8) is 0 Å². The van der Waals surface area contributed by atoms with Crippen LogP contribution in [0.1, 0.15) is 32.1 Å². The van der Waals surface area contributed by atoms with Crippen molar-refractivity contribution in [3.8, 4) is 0 Å². The molecule has 0 spiro atoms. The highest BCUT2D eigenvalue weighted by atomic mass is 16.5. The van der Waals surface area contributed by atoms with Crippen LogP contribution >= 0.6 is 0 Å². The lowest BCUT2D eigenvalue weighted by atomic mass is 9.78. The third-order valence-electron chi connectivity index (χ3n) is 3.61. The van der Waals surface area contributed by atoms with Crippen LogP contribution in [0.2, 0.25) is 0 Å². The van der Waals surface area contributed by atoms with E-state index in [9.17, 15) is 9.59 Å². The predicted molar refractivity (Wildman–Crippen MR) is 68.6 cm³/mol. The highest BCUT2D eigenvalue weighted by Crippen LogP contribution is 2.30. The first-order valence-corrected chi connectivity index (χ1v) is 6.73. The van der Waals surface area contributed by atoms with Gasteiger partial charge in [0.05, 0.1) is 24.5 Å². The zero-order chi connectivity index (χ0) is 14.3. The zero-order valence-electron chi connectivity index (χ0n) is 11.3. The minimum atomic E-state index is -0.898. The SMILES string of the molecule is COCC(CCO)NC(=O)[C@@H]1CCCC[C@@H]1C(=O)O. The van der Waals surface area contributed by atoms with Crippen LogP contribution in [0.4, 0.5) is 0 Å². The van der Waals surface area contributed by atoms with Gasteiger partial charge in [-0.1, -0.05) is 12.8 Å². The fourth-order valence-electron chi connectivity index (χ4n) is 2.60. The summed E-state index contributed by atoms with van der Waals surface area (Å²) in [4.78, 5) is 23.3. The number of amides is 1. The highest BCUT2D eigenvalue weighted by molar-refractivity contribution is 5.85. The van der Waals surface area contributed by atoms with Gasteiger partial charge in [-0.2, -0.15) is 0 Å². The Balaban J connectivity index is 2.60. The van der Waals surface area contributed by atoms with Crippen LogP contribution in [0.15, 0.2) is 0 Å². The maximum absolute atomic E-state index is 12.2. The lowest BCUT2D eigenvalue weighted by Crippen LogP contribution is -2.45. The van der Waals surface area contributed by atoms with Gasteiger partial charge in [0.25, 0.3) is 0 Å². The number of methoxy groups -OCH3 is 1. The first-order valence-electron chi connectivity index (χ1n) is 6.73. The molecule has 6 heteroatoms. The van der Waals surface area contributed by atoms with Crippen molar-refractivity contribution in [2.24, 2.45) is 11.8 Å². The summed E-state index contributed by atoms with van der Waals surface area (Å²) < 4.78 is 4.98. The number of aliphatic hydroxyl groups excluding tert-OH is 1. The number of rotatable bonds is 7. The molecule has 1 aliphatic carbocycles. The number of nitrogens with one attached hydrogen (secondary N) is 1. The third kappa shape index (κ3) is 4.80. The number of carboxylic acid groups (broad SMARTS) is 1. The molecule has 0 aromatic rings. The number of hydrogen-bond acceptors (Lipinski definition) is 4. The van der Waals surface area contributed by atoms with E-state index in [0.29, 0.717) is 25.9 Å². The molecular weight excluding hydrogens is 250 g/mol. The Bertz CT molecular complexity index is 301. The van der Waals surface area contributed by atoms with Crippen LogP contribution in [0.5, 0.6) is 0 Å². The Labute approximate surface area is 113 Å². The molecule has 0 saturated heterocycles. The van der Waals surface area contributed by atoms with Gasteiger partial charge in [0.15, 0.2) is 0 Å². The summed E-state index contributed by atoms with van der Waals surface area (Å²) in [5.74, 6) is -2.19. The van der Waals surface area contributed by atoms with Gasteiger partial charge in [-0.05, 0) is 19.3 Å². The van der Waals surface area contributed by atoms with E-state index in [0.717, 1.165) is 12.8 Å². The van der Waals surface area contributed by atoms with E-state index in [1.807, 2.05) is 0 Å². The summed E-state index contributed by atoms with van der Waals surface area (Å²) in [6.45, 7) is 0.276. The third-order valence-corrected chi connectivity index (χ3v) is 3.61. The van der Waals surface area contributed by atoms with Crippen LogP contribution in [0.3, 0.4) is 0 Å². The van der Waals surface area contributed by atoms with E-state index in [1.54, 1.807) is 0 Å². The van der Waals surface area contributed by atoms with Crippen LogP contribution in [-0.4, -0.2) is 48.5 Å². The normalized spacial score (nSPS) is 24.7. The van der Waals surface area contributed by atoms with Gasteiger partial charge in [-0.3, -0.25) is 9.59 Å². The second kappa shape index (κ2) is 8.12. The van der Waals surface area contributed by atoms with Crippen LogP contribution in [0, 0.1) is 11.8 Å². The zero-order valence-corrected chi connectivity index (χ0v) is 11.3. The van der Waals surface area contributed by atoms with Crippen LogP contribution in [0.25, 0.3) is 0 Å². The molecule has 1 rings (SSSR count). The van der Waals surface area contributed by atoms with Crippen molar-refractivity contribution in [1.29, 1.82) is 0 Å². The summed E-state index contributed by atoms with van der Waals surface area (Å²) in [6, 6.07) is -0.265. The standard InChI is InChI=1S/C13H23NO5/c1-19-8-9(6-7-15)14-12(16)10-4-2-3-5-11(10)13(17)18/h9-11,15H,2-8H2,1H3,(H,14,16)(H,17,18)/t9?,10-,11+/m1/s1. The molecule has 1 unspecified atom stereocenters. The molecule has 0 aromatic carbocycles. The van der Waals surface area contributed by atoms with Crippen molar-refractivity contribution < 1.29 is 24.5 Å². The van der Waals surface area contributed by atoms with E-state index in [1.165, 1.54) is 7.11 Å². The van der Waals surface area contributed by atoms with Gasteiger partial charge < -0.3 is 20.3 Å². The van der Waals surface area contributed by atoms with Gasteiger partial charge in [0, 0.05) is 13.7 Å². The number of carbonyl (C=O) groups is 2. The molecule has 0 radical (unpaired) electrons. The monoisotopic (exact) mass is 273 g/mol. The molecule has 110 valence electrons. The van der Waals surface area contributed by atoms with Gasteiger partial charge >= 0.3 is 5.97 Å². The molecule has 1 fully saturated rings. The average Bonchev–Trinajstić information content (AvgIpc) is 2.39. The summed E-state index contributed by atoms with van der Waals surface area (Å²) in [6.07, 6.45) is 3.32. The van der Waals surface area contributed by atoms with Crippen molar-refractivity contribution in [3.05, 3.63) is 0 Å². The number of carbonyl (C=O) groups excluding carboxylic acids is 1. The first-order chi connectivity index (χ1) is 9.10. The Morgan fingerprint density at radius 2 is 1.95 bits per heavy atom. The van der Waals surface area contributed by atoms with E-state index >= 15 is 0 Å². The molecule has 6 nitrogen and oxygen atoms in total. The molecule has 3 atom stereocenters. The minimum absolute atomic E-state index is 0.0403. The predicted octanol–water partition coefficient (Wildman–Crippen LogP) is 0.391. The number of aliphatic carboxylic acids is 1. The molecular formula is C13H23NO5. The van der Waals surface area contributed by atoms with E-state index in [4.69, 9.17) is 14.9 Å². The van der Waals surface area contributed by atoms with E-state index in [-0.39, 0.29) is 18.6 Å². The molecule has 0 aliphatic heterocycles. The quantitative estimate of drug-likeness (QED) is 0.623. The lowest BCUT2D eigenvalue weighted by molar-refractivity contribution is -0.149. The molecule has 1 aliphatic rings.